The average Bonchev–Trinajstić information content (AvgIpc) is 2.38. The number of sulfone groups is 1. The molecule has 0 aliphatic carbocycles. The molecule has 13 heavy (non-hydrogen) atoms. The molecule has 1 saturated heterocycles. The first-order valence-electron chi connectivity index (χ1n) is 4.79. The number of rotatable bonds is 4. The van der Waals surface area contributed by atoms with Crippen LogP contribution in [0.5, 0.6) is 0 Å². The second-order valence-corrected chi connectivity index (χ2v) is 6.21. The summed E-state index contributed by atoms with van der Waals surface area (Å²) in [6.07, 6.45) is 3.01. The molecule has 1 atom stereocenters. The van der Waals surface area contributed by atoms with E-state index in [1.807, 2.05) is 6.92 Å². The summed E-state index contributed by atoms with van der Waals surface area (Å²) in [5.41, 5.74) is 0. The zero-order valence-corrected chi connectivity index (χ0v) is 9.19. The zero-order chi connectivity index (χ0) is 9.95. The van der Waals surface area contributed by atoms with Crippen LogP contribution in [-0.2, 0) is 14.6 Å². The monoisotopic (exact) mass is 206 g/mol. The van der Waals surface area contributed by atoms with Gasteiger partial charge in [0.05, 0.1) is 10.5 Å². The van der Waals surface area contributed by atoms with Crippen molar-refractivity contribution in [3.8, 4) is 0 Å². The molecule has 0 N–H and O–H groups in total. The Morgan fingerprint density at radius 3 is 2.54 bits per heavy atom. The van der Waals surface area contributed by atoms with Crippen molar-refractivity contribution < 1.29 is 13.2 Å². The highest BCUT2D eigenvalue weighted by Gasteiger charge is 2.45. The van der Waals surface area contributed by atoms with Gasteiger partial charge >= 0.3 is 0 Å². The predicted molar refractivity (Wildman–Crippen MR) is 52.5 cm³/mol. The molecule has 1 rings (SSSR count). The molecule has 0 spiro atoms. The van der Waals surface area contributed by atoms with Crippen molar-refractivity contribution >= 4 is 9.84 Å². The van der Waals surface area contributed by atoms with Crippen LogP contribution in [0.25, 0.3) is 0 Å². The molecule has 0 radical (unpaired) electrons. The molecule has 78 valence electrons. The van der Waals surface area contributed by atoms with Crippen molar-refractivity contribution in [1.82, 2.24) is 0 Å². The largest absolute Gasteiger partial charge is 0.385 e. The summed E-state index contributed by atoms with van der Waals surface area (Å²) in [7, 11) is -1.24. The van der Waals surface area contributed by atoms with Crippen molar-refractivity contribution in [2.75, 3.05) is 19.5 Å². The molecule has 1 fully saturated rings. The van der Waals surface area contributed by atoms with E-state index in [0.29, 0.717) is 18.8 Å². The van der Waals surface area contributed by atoms with E-state index in [-0.39, 0.29) is 0 Å². The van der Waals surface area contributed by atoms with Crippen molar-refractivity contribution in [2.24, 2.45) is 0 Å². The minimum Gasteiger partial charge on any atom is -0.385 e. The molecule has 3 nitrogen and oxygen atoms in total. The summed E-state index contributed by atoms with van der Waals surface area (Å²) in [6, 6.07) is 0. The predicted octanol–water partition coefficient (Wildman–Crippen LogP) is 1.38. The van der Waals surface area contributed by atoms with E-state index in [2.05, 4.69) is 0 Å². The second kappa shape index (κ2) is 3.96. The van der Waals surface area contributed by atoms with E-state index < -0.39 is 14.6 Å². The summed E-state index contributed by atoms with van der Waals surface area (Å²) in [5, 5.41) is 0. The number of hydrogen-bond donors (Lipinski definition) is 0. The van der Waals surface area contributed by atoms with Crippen molar-refractivity contribution in [2.45, 2.75) is 37.4 Å². The third kappa shape index (κ3) is 1.89. The van der Waals surface area contributed by atoms with Gasteiger partial charge in [-0.25, -0.2) is 8.42 Å². The highest BCUT2D eigenvalue weighted by molar-refractivity contribution is 7.93. The molecule has 1 heterocycles. The van der Waals surface area contributed by atoms with Crippen LogP contribution in [-0.4, -0.2) is 32.6 Å². The van der Waals surface area contributed by atoms with Gasteiger partial charge in [-0.15, -0.1) is 0 Å². The molecule has 0 saturated carbocycles. The van der Waals surface area contributed by atoms with Crippen LogP contribution in [0.1, 0.15) is 32.6 Å². The molecule has 0 aromatic rings. The van der Waals surface area contributed by atoms with E-state index in [1.165, 1.54) is 0 Å². The van der Waals surface area contributed by atoms with Crippen molar-refractivity contribution in [3.63, 3.8) is 0 Å². The van der Waals surface area contributed by atoms with Crippen LogP contribution < -0.4 is 0 Å². The van der Waals surface area contributed by atoms with Gasteiger partial charge in [0.15, 0.2) is 9.84 Å². The molecule has 0 aromatic heterocycles. The lowest BCUT2D eigenvalue weighted by Gasteiger charge is -2.25. The fourth-order valence-corrected chi connectivity index (χ4v) is 4.35. The highest BCUT2D eigenvalue weighted by Crippen LogP contribution is 2.38. The lowest BCUT2D eigenvalue weighted by molar-refractivity contribution is 0.180. The Kier molecular flexibility index (Phi) is 3.35. The summed E-state index contributed by atoms with van der Waals surface area (Å²) in [6.45, 7) is 2.51. The highest BCUT2D eigenvalue weighted by atomic mass is 32.2. The maximum Gasteiger partial charge on any atom is 0.156 e. The van der Waals surface area contributed by atoms with Crippen molar-refractivity contribution in [3.05, 3.63) is 0 Å². The standard InChI is InChI=1S/C9H18O3S/c1-3-9(6-7-12-2)5-4-8-13(9,10)11/h3-8H2,1-2H3. The van der Waals surface area contributed by atoms with Crippen LogP contribution in [0.15, 0.2) is 0 Å². The Bertz CT molecular complexity index is 258. The van der Waals surface area contributed by atoms with E-state index in [9.17, 15) is 8.42 Å². The first kappa shape index (κ1) is 11.0. The third-order valence-electron chi connectivity index (χ3n) is 3.11. The quantitative estimate of drug-likeness (QED) is 0.698. The van der Waals surface area contributed by atoms with Gasteiger partial charge in [-0.3, -0.25) is 0 Å². The van der Waals surface area contributed by atoms with E-state index >= 15 is 0 Å². The SMILES string of the molecule is CCC1(CCOC)CCCS1(=O)=O. The molecule has 0 bridgehead atoms. The topological polar surface area (TPSA) is 43.4 Å². The lowest BCUT2D eigenvalue weighted by Crippen LogP contribution is -2.35. The lowest BCUT2D eigenvalue weighted by atomic mass is 9.97. The van der Waals surface area contributed by atoms with E-state index in [4.69, 9.17) is 4.74 Å². The van der Waals surface area contributed by atoms with Gasteiger partial charge in [-0.2, -0.15) is 0 Å². The molecular weight excluding hydrogens is 188 g/mol. The third-order valence-corrected chi connectivity index (χ3v) is 5.95. The van der Waals surface area contributed by atoms with Crippen LogP contribution in [0.3, 0.4) is 0 Å². The zero-order valence-electron chi connectivity index (χ0n) is 8.38. The maximum atomic E-state index is 11.8. The van der Waals surface area contributed by atoms with E-state index in [1.54, 1.807) is 7.11 Å². The Morgan fingerprint density at radius 2 is 2.15 bits per heavy atom. The summed E-state index contributed by atoms with van der Waals surface area (Å²) in [4.78, 5) is 0. The molecular formula is C9H18O3S. The number of ether oxygens (including phenoxy) is 1. The second-order valence-electron chi connectivity index (χ2n) is 3.70. The van der Waals surface area contributed by atoms with Gasteiger partial charge in [0.1, 0.15) is 0 Å². The van der Waals surface area contributed by atoms with Crippen LogP contribution >= 0.6 is 0 Å². The number of hydrogen-bond acceptors (Lipinski definition) is 3. The average molecular weight is 206 g/mol. The molecule has 4 heteroatoms. The van der Waals surface area contributed by atoms with Gasteiger partial charge in [-0.05, 0) is 25.7 Å². The van der Waals surface area contributed by atoms with Crippen LogP contribution in [0.4, 0.5) is 0 Å². The summed E-state index contributed by atoms with van der Waals surface area (Å²) in [5.74, 6) is 0.366. The van der Waals surface area contributed by atoms with Crippen molar-refractivity contribution in [1.29, 1.82) is 0 Å². The molecule has 1 unspecified atom stereocenters. The molecule has 0 aromatic carbocycles. The molecule has 1 aliphatic rings. The Morgan fingerprint density at radius 1 is 1.46 bits per heavy atom. The molecule has 0 amide bonds. The summed E-state index contributed by atoms with van der Waals surface area (Å²) >= 11 is 0. The minimum absolute atomic E-state index is 0.366. The fraction of sp³-hybridized carbons (Fsp3) is 1.00. The molecule has 1 aliphatic heterocycles. The van der Waals surface area contributed by atoms with E-state index in [0.717, 1.165) is 19.3 Å². The number of methoxy groups -OCH3 is 1. The van der Waals surface area contributed by atoms with Gasteiger partial charge in [-0.1, -0.05) is 6.92 Å². The Hall–Kier alpha value is -0.0900. The fourth-order valence-electron chi connectivity index (χ4n) is 2.10. The smallest absolute Gasteiger partial charge is 0.156 e. The van der Waals surface area contributed by atoms with Gasteiger partial charge in [0.25, 0.3) is 0 Å². The first-order chi connectivity index (χ1) is 6.08. The normalized spacial score (nSPS) is 32.2. The van der Waals surface area contributed by atoms with Gasteiger partial charge < -0.3 is 4.74 Å². The van der Waals surface area contributed by atoms with Crippen LogP contribution in [0.2, 0.25) is 0 Å². The Labute approximate surface area is 80.4 Å². The van der Waals surface area contributed by atoms with Crippen LogP contribution in [0, 0.1) is 0 Å². The van der Waals surface area contributed by atoms with Gasteiger partial charge in [0.2, 0.25) is 0 Å². The maximum absolute atomic E-state index is 11.8. The minimum atomic E-state index is -2.85. The summed E-state index contributed by atoms with van der Waals surface area (Å²) < 4.78 is 28.0. The Balaban J connectivity index is 2.80. The van der Waals surface area contributed by atoms with Gasteiger partial charge in [0, 0.05) is 13.7 Å². The first-order valence-corrected chi connectivity index (χ1v) is 6.44.